The van der Waals surface area contributed by atoms with Gasteiger partial charge in [-0.25, -0.2) is 0 Å². The summed E-state index contributed by atoms with van der Waals surface area (Å²) in [5, 5.41) is 4.87. The lowest BCUT2D eigenvalue weighted by atomic mass is 10.1. The highest BCUT2D eigenvalue weighted by Crippen LogP contribution is 2.19. The second-order valence-corrected chi connectivity index (χ2v) is 6.64. The van der Waals surface area contributed by atoms with Crippen molar-refractivity contribution in [2.75, 3.05) is 0 Å². The zero-order chi connectivity index (χ0) is 18.4. The van der Waals surface area contributed by atoms with Gasteiger partial charge in [-0.05, 0) is 41.3 Å². The average Bonchev–Trinajstić information content (AvgIpc) is 3.18. The highest BCUT2D eigenvalue weighted by molar-refractivity contribution is 7.09. The van der Waals surface area contributed by atoms with Crippen LogP contribution in [-0.4, -0.2) is 11.8 Å². The van der Waals surface area contributed by atoms with E-state index in [0.29, 0.717) is 23.4 Å². The molecule has 1 aromatic heterocycles. The summed E-state index contributed by atoms with van der Waals surface area (Å²) in [6, 6.07) is 17.9. The highest BCUT2D eigenvalue weighted by Gasteiger charge is 2.10. The maximum Gasteiger partial charge on any atom is 0.252 e. The summed E-state index contributed by atoms with van der Waals surface area (Å²) in [7, 11) is 0. The van der Waals surface area contributed by atoms with Gasteiger partial charge in [0.25, 0.3) is 11.8 Å². The van der Waals surface area contributed by atoms with Gasteiger partial charge in [0.2, 0.25) is 0 Å². The van der Waals surface area contributed by atoms with Gasteiger partial charge in [-0.15, -0.1) is 11.3 Å². The van der Waals surface area contributed by atoms with Gasteiger partial charge in [0.05, 0.1) is 12.1 Å². The first-order chi connectivity index (χ1) is 12.6. The molecule has 3 aromatic rings. The Bertz CT molecular complexity index is 907. The van der Waals surface area contributed by atoms with E-state index in [4.69, 9.17) is 10.5 Å². The van der Waals surface area contributed by atoms with Crippen molar-refractivity contribution in [2.24, 2.45) is 5.73 Å². The van der Waals surface area contributed by atoms with Crippen molar-refractivity contribution in [2.45, 2.75) is 13.2 Å². The second kappa shape index (κ2) is 8.31. The minimum absolute atomic E-state index is 0.141. The summed E-state index contributed by atoms with van der Waals surface area (Å²) >= 11 is 1.60. The van der Waals surface area contributed by atoms with Crippen LogP contribution in [0, 0.1) is 0 Å². The number of hydrogen-bond acceptors (Lipinski definition) is 4. The van der Waals surface area contributed by atoms with Crippen molar-refractivity contribution in [3.8, 4) is 5.75 Å². The van der Waals surface area contributed by atoms with Crippen LogP contribution in [0.15, 0.2) is 66.0 Å². The summed E-state index contributed by atoms with van der Waals surface area (Å²) < 4.78 is 5.71. The van der Waals surface area contributed by atoms with Gasteiger partial charge in [0.1, 0.15) is 12.4 Å². The van der Waals surface area contributed by atoms with Gasteiger partial charge >= 0.3 is 0 Å². The number of thiophene rings is 1. The molecule has 0 radical (unpaired) electrons. The number of carbonyl (C=O) groups excluding carboxylic acids is 2. The van der Waals surface area contributed by atoms with Crippen LogP contribution in [-0.2, 0) is 13.2 Å². The fourth-order valence-corrected chi connectivity index (χ4v) is 3.09. The number of para-hydroxylation sites is 1. The Morgan fingerprint density at radius 3 is 2.65 bits per heavy atom. The van der Waals surface area contributed by atoms with E-state index in [1.54, 1.807) is 53.8 Å². The van der Waals surface area contributed by atoms with E-state index in [9.17, 15) is 9.59 Å². The van der Waals surface area contributed by atoms with Crippen LogP contribution >= 0.6 is 11.3 Å². The third kappa shape index (κ3) is 4.49. The molecule has 0 aliphatic heterocycles. The van der Waals surface area contributed by atoms with Crippen molar-refractivity contribution in [3.63, 3.8) is 0 Å². The molecule has 26 heavy (non-hydrogen) atoms. The van der Waals surface area contributed by atoms with Crippen molar-refractivity contribution in [1.82, 2.24) is 5.32 Å². The fraction of sp³-hybridized carbons (Fsp3) is 0.100. The standard InChI is InChI=1S/C20H18N2O3S/c21-19(23)17-8-1-2-9-18(17)25-13-14-5-3-6-15(11-14)20(24)22-12-16-7-4-10-26-16/h1-11H,12-13H2,(H2,21,23)(H,22,24). The molecule has 0 saturated carbocycles. The number of nitrogens with two attached hydrogens (primary N) is 1. The van der Waals surface area contributed by atoms with Gasteiger partial charge in [-0.2, -0.15) is 0 Å². The van der Waals surface area contributed by atoms with Gasteiger partial charge in [-0.1, -0.05) is 30.3 Å². The molecule has 2 aromatic carbocycles. The van der Waals surface area contributed by atoms with Crippen LogP contribution in [0.5, 0.6) is 5.75 Å². The SMILES string of the molecule is NC(=O)c1ccccc1OCc1cccc(C(=O)NCc2cccs2)c1. The predicted octanol–water partition coefficient (Wildman–Crippen LogP) is 3.36. The van der Waals surface area contributed by atoms with Crippen LogP contribution in [0.25, 0.3) is 0 Å². The molecular formula is C20H18N2O3S. The molecule has 0 bridgehead atoms. The Labute approximate surface area is 155 Å². The van der Waals surface area contributed by atoms with E-state index in [1.165, 1.54) is 0 Å². The monoisotopic (exact) mass is 366 g/mol. The molecule has 0 saturated heterocycles. The van der Waals surface area contributed by atoms with Crippen LogP contribution in [0.3, 0.4) is 0 Å². The number of ether oxygens (including phenoxy) is 1. The molecule has 5 nitrogen and oxygen atoms in total. The van der Waals surface area contributed by atoms with Gasteiger partial charge < -0.3 is 15.8 Å². The summed E-state index contributed by atoms with van der Waals surface area (Å²) in [6.45, 7) is 0.736. The van der Waals surface area contributed by atoms with E-state index in [0.717, 1.165) is 10.4 Å². The highest BCUT2D eigenvalue weighted by atomic mass is 32.1. The zero-order valence-electron chi connectivity index (χ0n) is 14.0. The summed E-state index contributed by atoms with van der Waals surface area (Å²) in [5.41, 5.74) is 7.07. The largest absolute Gasteiger partial charge is 0.488 e. The van der Waals surface area contributed by atoms with Gasteiger partial charge in [-0.3, -0.25) is 9.59 Å². The lowest BCUT2D eigenvalue weighted by molar-refractivity contribution is 0.0950. The summed E-state index contributed by atoms with van der Waals surface area (Å²) in [4.78, 5) is 24.8. The average molecular weight is 366 g/mol. The predicted molar refractivity (Wildman–Crippen MR) is 101 cm³/mol. The second-order valence-electron chi connectivity index (χ2n) is 5.61. The molecule has 0 aliphatic rings. The minimum Gasteiger partial charge on any atom is -0.488 e. The molecule has 0 atom stereocenters. The van der Waals surface area contributed by atoms with Crippen LogP contribution in [0.1, 0.15) is 31.2 Å². The lowest BCUT2D eigenvalue weighted by Crippen LogP contribution is -2.22. The zero-order valence-corrected chi connectivity index (χ0v) is 14.8. The van der Waals surface area contributed by atoms with Gasteiger partial charge in [0, 0.05) is 10.4 Å². The molecule has 3 rings (SSSR count). The van der Waals surface area contributed by atoms with Crippen molar-refractivity contribution < 1.29 is 14.3 Å². The molecule has 1 heterocycles. The minimum atomic E-state index is -0.540. The maximum atomic E-state index is 12.3. The molecule has 6 heteroatoms. The molecule has 0 unspecified atom stereocenters. The normalized spacial score (nSPS) is 10.3. The first-order valence-corrected chi connectivity index (χ1v) is 8.92. The Balaban J connectivity index is 1.64. The van der Waals surface area contributed by atoms with Crippen LogP contribution in [0.2, 0.25) is 0 Å². The molecule has 0 spiro atoms. The van der Waals surface area contributed by atoms with E-state index >= 15 is 0 Å². The number of hydrogen-bond donors (Lipinski definition) is 2. The number of amides is 2. The van der Waals surface area contributed by atoms with Crippen LogP contribution < -0.4 is 15.8 Å². The smallest absolute Gasteiger partial charge is 0.252 e. The maximum absolute atomic E-state index is 12.3. The third-order valence-electron chi connectivity index (χ3n) is 3.74. The van der Waals surface area contributed by atoms with E-state index < -0.39 is 5.91 Å². The van der Waals surface area contributed by atoms with Crippen molar-refractivity contribution in [3.05, 3.63) is 87.6 Å². The van der Waals surface area contributed by atoms with Crippen LogP contribution in [0.4, 0.5) is 0 Å². The van der Waals surface area contributed by atoms with E-state index in [1.807, 2.05) is 23.6 Å². The number of primary amides is 1. The topological polar surface area (TPSA) is 81.4 Å². The van der Waals surface area contributed by atoms with E-state index in [-0.39, 0.29) is 12.5 Å². The molecule has 2 amide bonds. The first-order valence-electron chi connectivity index (χ1n) is 8.04. The fourth-order valence-electron chi connectivity index (χ4n) is 2.44. The third-order valence-corrected chi connectivity index (χ3v) is 4.62. The molecule has 3 N–H and O–H groups in total. The number of carbonyl (C=O) groups is 2. The summed E-state index contributed by atoms with van der Waals surface area (Å²) in [6.07, 6.45) is 0. The molecule has 0 aliphatic carbocycles. The summed E-state index contributed by atoms with van der Waals surface area (Å²) in [5.74, 6) is -0.257. The number of nitrogens with one attached hydrogen (secondary N) is 1. The van der Waals surface area contributed by atoms with Gasteiger partial charge in [0.15, 0.2) is 0 Å². The first kappa shape index (κ1) is 17.7. The Hall–Kier alpha value is -3.12. The van der Waals surface area contributed by atoms with E-state index in [2.05, 4.69) is 5.32 Å². The quantitative estimate of drug-likeness (QED) is 0.673. The molecular weight excluding hydrogens is 348 g/mol. The Kier molecular flexibility index (Phi) is 5.66. The van der Waals surface area contributed by atoms with Crippen molar-refractivity contribution >= 4 is 23.2 Å². The Morgan fingerprint density at radius 1 is 1.04 bits per heavy atom. The molecule has 0 fully saturated rings. The lowest BCUT2D eigenvalue weighted by Gasteiger charge is -2.10. The Morgan fingerprint density at radius 2 is 1.88 bits per heavy atom. The number of rotatable bonds is 7. The molecule has 132 valence electrons. The number of benzene rings is 2. The van der Waals surface area contributed by atoms with Crippen molar-refractivity contribution in [1.29, 1.82) is 0 Å².